The Morgan fingerprint density at radius 1 is 1.50 bits per heavy atom. The third-order valence-electron chi connectivity index (χ3n) is 0.500. The summed E-state index contributed by atoms with van der Waals surface area (Å²) >= 11 is 1.66. The predicted octanol–water partition coefficient (Wildman–Crippen LogP) is 0.121. The summed E-state index contributed by atoms with van der Waals surface area (Å²) in [5, 5.41) is 0. The van der Waals surface area contributed by atoms with Crippen LogP contribution in [-0.4, -0.2) is 25.6 Å². The van der Waals surface area contributed by atoms with Crippen molar-refractivity contribution in [2.24, 2.45) is 0 Å². The zero-order valence-corrected chi connectivity index (χ0v) is 5.27. The van der Waals surface area contributed by atoms with Crippen LogP contribution >= 0.6 is 0 Å². The van der Waals surface area contributed by atoms with Crippen LogP contribution in [0.25, 0.3) is 0 Å². The Labute approximate surface area is 38.8 Å². The Hall–Kier alpha value is 0.669. The fraction of sp³-hybridized carbons (Fsp3) is 0.667. The summed E-state index contributed by atoms with van der Waals surface area (Å²) < 4.78 is 1.76. The minimum atomic E-state index is 1.44. The molecule has 0 aromatic rings. The third kappa shape index (κ3) is 0.552. The van der Waals surface area contributed by atoms with Crippen molar-refractivity contribution >= 4 is 25.6 Å². The van der Waals surface area contributed by atoms with Gasteiger partial charge in [0.15, 0.2) is 0 Å². The Kier molecular flexibility index (Phi) is 0.586. The first-order chi connectivity index (χ1) is 1.89. The van der Waals surface area contributed by atoms with Crippen molar-refractivity contribution < 1.29 is 0 Å². The Bertz CT molecular complexity index is 41.2. The van der Waals surface area contributed by atoms with E-state index in [-0.39, 0.29) is 0 Å². The summed E-state index contributed by atoms with van der Waals surface area (Å²) in [4.78, 5) is 0. The van der Waals surface area contributed by atoms with Crippen LogP contribution < -0.4 is 0 Å². The predicted molar refractivity (Wildman–Crippen MR) is 20.0 cm³/mol. The SMILES string of the molecule is [Sn]=[C]1CC1. The van der Waals surface area contributed by atoms with E-state index in [1.807, 2.05) is 0 Å². The van der Waals surface area contributed by atoms with E-state index in [1.54, 1.807) is 25.6 Å². The zero-order chi connectivity index (χ0) is 2.99. The third-order valence-corrected chi connectivity index (χ3v) is 1.93. The Morgan fingerprint density at radius 3 is 1.75 bits per heavy atom. The fourth-order valence-electron chi connectivity index (χ4n) is 0.0625. The van der Waals surface area contributed by atoms with Gasteiger partial charge in [-0.15, -0.1) is 0 Å². The van der Waals surface area contributed by atoms with Crippen molar-refractivity contribution in [2.45, 2.75) is 12.8 Å². The van der Waals surface area contributed by atoms with Crippen LogP contribution in [0.5, 0.6) is 0 Å². The van der Waals surface area contributed by atoms with E-state index in [0.717, 1.165) is 0 Å². The van der Waals surface area contributed by atoms with Crippen molar-refractivity contribution in [1.82, 2.24) is 0 Å². The van der Waals surface area contributed by atoms with Crippen LogP contribution in [0.2, 0.25) is 0 Å². The second-order valence-electron chi connectivity index (χ2n) is 1.10. The molecule has 1 fully saturated rings. The summed E-state index contributed by atoms with van der Waals surface area (Å²) in [5.41, 5.74) is 0. The van der Waals surface area contributed by atoms with Gasteiger partial charge in [-0.1, -0.05) is 0 Å². The average Bonchev–Trinajstić information content (AvgIpc) is 1.75. The van der Waals surface area contributed by atoms with Gasteiger partial charge in [-0.05, 0) is 0 Å². The topological polar surface area (TPSA) is 0 Å². The van der Waals surface area contributed by atoms with Gasteiger partial charge in [0.1, 0.15) is 0 Å². The molecular weight excluding hydrogens is 155 g/mol. The Balaban J connectivity index is 2.60. The summed E-state index contributed by atoms with van der Waals surface area (Å²) in [6, 6.07) is 0. The number of hydrogen-bond acceptors (Lipinski definition) is 0. The molecule has 2 radical (unpaired) electrons. The first-order valence-corrected chi connectivity index (χ1v) is 2.88. The van der Waals surface area contributed by atoms with Crippen molar-refractivity contribution in [3.63, 3.8) is 0 Å². The number of hydrogen-bond donors (Lipinski definition) is 0. The molecule has 0 aliphatic heterocycles. The monoisotopic (exact) mass is 160 g/mol. The summed E-state index contributed by atoms with van der Waals surface area (Å²) in [5.74, 6) is 0. The van der Waals surface area contributed by atoms with Crippen LogP contribution in [0.3, 0.4) is 0 Å². The molecule has 0 spiro atoms. The molecule has 0 nitrogen and oxygen atoms in total. The van der Waals surface area contributed by atoms with Gasteiger partial charge in [0.2, 0.25) is 0 Å². The van der Waals surface area contributed by atoms with Crippen LogP contribution in [-0.2, 0) is 0 Å². The molecule has 1 saturated carbocycles. The maximum absolute atomic E-state index is 1.76. The molecule has 0 aromatic heterocycles. The minimum absolute atomic E-state index is 1.44. The standard InChI is InChI=1S/C3H4.Sn/c1-2-3-1;/h1-2H2;. The van der Waals surface area contributed by atoms with Crippen LogP contribution in [0.1, 0.15) is 12.8 Å². The molecule has 1 aliphatic rings. The van der Waals surface area contributed by atoms with Gasteiger partial charge in [0.25, 0.3) is 0 Å². The molecular formula is C3H4Sn. The quantitative estimate of drug-likeness (QED) is 0.440. The molecule has 4 heavy (non-hydrogen) atoms. The van der Waals surface area contributed by atoms with Crippen LogP contribution in [0.15, 0.2) is 0 Å². The molecule has 1 heteroatoms. The van der Waals surface area contributed by atoms with E-state index >= 15 is 0 Å². The molecule has 0 atom stereocenters. The molecule has 0 heterocycles. The second kappa shape index (κ2) is 0.813. The molecule has 0 N–H and O–H groups in total. The van der Waals surface area contributed by atoms with Crippen molar-refractivity contribution in [3.05, 3.63) is 0 Å². The van der Waals surface area contributed by atoms with Gasteiger partial charge in [0, 0.05) is 0 Å². The van der Waals surface area contributed by atoms with Gasteiger partial charge in [-0.3, -0.25) is 0 Å². The summed E-state index contributed by atoms with van der Waals surface area (Å²) in [6.07, 6.45) is 2.89. The van der Waals surface area contributed by atoms with Crippen molar-refractivity contribution in [1.29, 1.82) is 0 Å². The Morgan fingerprint density at radius 2 is 1.75 bits per heavy atom. The molecule has 1 aliphatic carbocycles. The fourth-order valence-corrected chi connectivity index (χ4v) is 0.419. The first kappa shape index (κ1) is 2.88. The van der Waals surface area contributed by atoms with Crippen LogP contribution in [0.4, 0.5) is 0 Å². The van der Waals surface area contributed by atoms with E-state index < -0.39 is 0 Å². The van der Waals surface area contributed by atoms with Gasteiger partial charge in [0.05, 0.1) is 0 Å². The van der Waals surface area contributed by atoms with E-state index in [4.69, 9.17) is 0 Å². The second-order valence-corrected chi connectivity index (χ2v) is 3.12. The zero-order valence-electron chi connectivity index (χ0n) is 2.41. The van der Waals surface area contributed by atoms with E-state index in [9.17, 15) is 0 Å². The summed E-state index contributed by atoms with van der Waals surface area (Å²) in [6.45, 7) is 0. The van der Waals surface area contributed by atoms with Gasteiger partial charge in [-0.2, -0.15) is 0 Å². The molecule has 0 amide bonds. The molecule has 0 aromatic carbocycles. The summed E-state index contributed by atoms with van der Waals surface area (Å²) in [7, 11) is 0. The van der Waals surface area contributed by atoms with Gasteiger partial charge < -0.3 is 0 Å². The molecule has 0 saturated heterocycles. The maximum atomic E-state index is 1.76. The molecule has 1 rings (SSSR count). The van der Waals surface area contributed by atoms with Gasteiger partial charge >= 0.3 is 38.4 Å². The molecule has 0 bridgehead atoms. The van der Waals surface area contributed by atoms with E-state index in [1.165, 1.54) is 12.8 Å². The van der Waals surface area contributed by atoms with Gasteiger partial charge in [-0.25, -0.2) is 0 Å². The van der Waals surface area contributed by atoms with Crippen molar-refractivity contribution in [3.8, 4) is 0 Å². The first-order valence-electron chi connectivity index (χ1n) is 1.46. The van der Waals surface area contributed by atoms with E-state index in [2.05, 4.69) is 0 Å². The number of rotatable bonds is 0. The molecule has 20 valence electrons. The average molecular weight is 159 g/mol. The van der Waals surface area contributed by atoms with Crippen LogP contribution in [0, 0.1) is 0 Å². The molecule has 0 unspecified atom stereocenters. The normalized spacial score (nSPS) is 21.5. The van der Waals surface area contributed by atoms with Crippen molar-refractivity contribution in [2.75, 3.05) is 0 Å². The van der Waals surface area contributed by atoms with E-state index in [0.29, 0.717) is 0 Å².